The molecule has 0 saturated heterocycles. The molecular formula is C29H44N6O. The minimum absolute atomic E-state index is 0.167. The maximum atomic E-state index is 5.28. The highest BCUT2D eigenvalue weighted by Gasteiger charge is 2.51. The van der Waals surface area contributed by atoms with Crippen molar-refractivity contribution in [1.82, 2.24) is 15.0 Å². The molecule has 0 unspecified atom stereocenters. The summed E-state index contributed by atoms with van der Waals surface area (Å²) >= 11 is 0. The zero-order valence-corrected chi connectivity index (χ0v) is 22.2. The molecule has 4 fully saturated rings. The van der Waals surface area contributed by atoms with E-state index < -0.39 is 0 Å². The van der Waals surface area contributed by atoms with Gasteiger partial charge in [-0.25, -0.2) is 0 Å². The van der Waals surface area contributed by atoms with Gasteiger partial charge >= 0.3 is 0 Å². The van der Waals surface area contributed by atoms with Gasteiger partial charge in [-0.15, -0.1) is 0 Å². The lowest BCUT2D eigenvalue weighted by Crippen LogP contribution is -2.55. The van der Waals surface area contributed by atoms with E-state index in [2.05, 4.69) is 35.0 Å². The summed E-state index contributed by atoms with van der Waals surface area (Å²) in [5.41, 5.74) is 1.33. The summed E-state index contributed by atoms with van der Waals surface area (Å²) in [7, 11) is 1.69. The highest BCUT2D eigenvalue weighted by molar-refractivity contribution is 5.44. The van der Waals surface area contributed by atoms with Crippen LogP contribution in [0.1, 0.15) is 89.5 Å². The monoisotopic (exact) mass is 492 g/mol. The predicted molar refractivity (Wildman–Crippen MR) is 147 cm³/mol. The Morgan fingerprint density at radius 2 is 1.36 bits per heavy atom. The van der Waals surface area contributed by atoms with E-state index in [0.717, 1.165) is 48.0 Å². The van der Waals surface area contributed by atoms with Crippen LogP contribution in [-0.2, 0) is 6.54 Å². The van der Waals surface area contributed by atoms with E-state index >= 15 is 0 Å². The fourth-order valence-electron chi connectivity index (χ4n) is 7.12. The molecule has 4 bridgehead atoms. The van der Waals surface area contributed by atoms with Crippen molar-refractivity contribution >= 4 is 17.8 Å². The summed E-state index contributed by atoms with van der Waals surface area (Å²) in [6.45, 7) is 3.81. The zero-order chi connectivity index (χ0) is 24.8. The Hall–Kier alpha value is -2.57. The summed E-state index contributed by atoms with van der Waals surface area (Å²) in [5, 5.41) is 10.8. The molecule has 196 valence electrons. The van der Waals surface area contributed by atoms with Crippen LogP contribution in [0.15, 0.2) is 24.3 Å². The van der Waals surface area contributed by atoms with E-state index in [1.54, 1.807) is 7.11 Å². The summed E-state index contributed by atoms with van der Waals surface area (Å²) < 4.78 is 5.28. The van der Waals surface area contributed by atoms with Crippen molar-refractivity contribution in [2.24, 2.45) is 17.8 Å². The normalized spacial score (nSPS) is 26.1. The van der Waals surface area contributed by atoms with Gasteiger partial charge in [0.2, 0.25) is 17.8 Å². The molecule has 0 spiro atoms. The maximum Gasteiger partial charge on any atom is 0.229 e. The molecule has 0 atom stereocenters. The Morgan fingerprint density at radius 1 is 0.778 bits per heavy atom. The smallest absolute Gasteiger partial charge is 0.229 e. The van der Waals surface area contributed by atoms with Crippen molar-refractivity contribution < 1.29 is 4.74 Å². The number of aromatic nitrogens is 3. The lowest BCUT2D eigenvalue weighted by atomic mass is 9.53. The number of methoxy groups -OCH3 is 1. The van der Waals surface area contributed by atoms with Gasteiger partial charge in [0.1, 0.15) is 5.75 Å². The lowest BCUT2D eigenvalue weighted by Gasteiger charge is -2.56. The summed E-state index contributed by atoms with van der Waals surface area (Å²) in [6, 6.07) is 8.11. The van der Waals surface area contributed by atoms with E-state index in [1.807, 2.05) is 12.1 Å². The molecule has 4 saturated carbocycles. The number of nitrogens with one attached hydrogen (secondary N) is 3. The van der Waals surface area contributed by atoms with Crippen LogP contribution in [-0.4, -0.2) is 34.1 Å². The first-order valence-electron chi connectivity index (χ1n) is 14.3. The molecule has 1 aromatic heterocycles. The van der Waals surface area contributed by atoms with Crippen molar-refractivity contribution in [3.8, 4) is 5.75 Å². The van der Waals surface area contributed by atoms with Crippen molar-refractivity contribution in [3.05, 3.63) is 29.8 Å². The Labute approximate surface area is 216 Å². The minimum Gasteiger partial charge on any atom is -0.497 e. The zero-order valence-electron chi connectivity index (χ0n) is 22.2. The maximum absolute atomic E-state index is 5.28. The minimum atomic E-state index is 0.167. The topological polar surface area (TPSA) is 84.0 Å². The van der Waals surface area contributed by atoms with Gasteiger partial charge < -0.3 is 20.7 Å². The standard InChI is InChI=1S/C29H44N6O/c1-3-4-5-6-7-8-13-30-26-32-27(31-20-21-9-11-25(36-2)12-10-21)34-28(33-26)35-29-17-22-14-23(18-29)16-24(15-22)19-29/h9-12,22-24H,3-8,13-20H2,1-2H3,(H3,30,31,32,33,34,35). The van der Waals surface area contributed by atoms with Crippen LogP contribution in [0.3, 0.4) is 0 Å². The summed E-state index contributed by atoms with van der Waals surface area (Å²) in [4.78, 5) is 14.4. The number of unbranched alkanes of at least 4 members (excludes halogenated alkanes) is 5. The first kappa shape index (κ1) is 25.1. The SMILES string of the molecule is CCCCCCCCNc1nc(NCc2ccc(OC)cc2)nc(NC23CC4CC(CC(C4)C2)C3)n1. The molecular weight excluding hydrogens is 448 g/mol. The Morgan fingerprint density at radius 3 is 2.00 bits per heavy atom. The van der Waals surface area contributed by atoms with Gasteiger partial charge in [0, 0.05) is 18.6 Å². The quantitative estimate of drug-likeness (QED) is 0.255. The number of benzene rings is 1. The average Bonchev–Trinajstić information content (AvgIpc) is 2.86. The molecule has 1 heterocycles. The highest BCUT2D eigenvalue weighted by Crippen LogP contribution is 2.56. The van der Waals surface area contributed by atoms with Crippen LogP contribution in [0.5, 0.6) is 5.75 Å². The van der Waals surface area contributed by atoms with E-state index in [0.29, 0.717) is 18.4 Å². The Bertz CT molecular complexity index is 943. The molecule has 7 nitrogen and oxygen atoms in total. The molecule has 0 amide bonds. The molecule has 2 aromatic rings. The molecule has 6 rings (SSSR count). The van der Waals surface area contributed by atoms with Crippen LogP contribution in [0.25, 0.3) is 0 Å². The summed E-state index contributed by atoms with van der Waals surface area (Å²) in [5.74, 6) is 5.51. The van der Waals surface area contributed by atoms with Gasteiger partial charge in [0.05, 0.1) is 7.11 Å². The number of anilines is 3. The van der Waals surface area contributed by atoms with Crippen molar-refractivity contribution in [3.63, 3.8) is 0 Å². The Kier molecular flexibility index (Phi) is 8.12. The van der Waals surface area contributed by atoms with Crippen molar-refractivity contribution in [2.45, 2.75) is 96.1 Å². The average molecular weight is 493 g/mol. The third-order valence-electron chi connectivity index (χ3n) is 8.47. The number of hydrogen-bond donors (Lipinski definition) is 3. The van der Waals surface area contributed by atoms with Crippen LogP contribution >= 0.6 is 0 Å². The lowest BCUT2D eigenvalue weighted by molar-refractivity contribution is 0.0103. The first-order chi connectivity index (χ1) is 17.6. The van der Waals surface area contributed by atoms with Crippen molar-refractivity contribution in [2.75, 3.05) is 29.6 Å². The van der Waals surface area contributed by atoms with Gasteiger partial charge in [-0.3, -0.25) is 0 Å². The Balaban J connectivity index is 1.25. The van der Waals surface area contributed by atoms with Gasteiger partial charge in [-0.1, -0.05) is 51.2 Å². The summed E-state index contributed by atoms with van der Waals surface area (Å²) in [6.07, 6.45) is 15.7. The van der Waals surface area contributed by atoms with E-state index in [-0.39, 0.29) is 5.54 Å². The van der Waals surface area contributed by atoms with Gasteiger partial charge in [0.25, 0.3) is 0 Å². The number of nitrogens with zero attached hydrogens (tertiary/aromatic N) is 3. The number of hydrogen-bond acceptors (Lipinski definition) is 7. The largest absolute Gasteiger partial charge is 0.497 e. The molecule has 0 aliphatic heterocycles. The molecule has 4 aliphatic rings. The molecule has 1 aromatic carbocycles. The number of rotatable bonds is 14. The highest BCUT2D eigenvalue weighted by atomic mass is 16.5. The predicted octanol–water partition coefficient (Wildman–Crippen LogP) is 6.65. The fourth-order valence-corrected chi connectivity index (χ4v) is 7.12. The van der Waals surface area contributed by atoms with E-state index in [1.165, 1.54) is 70.6 Å². The molecule has 3 N–H and O–H groups in total. The van der Waals surface area contributed by atoms with Crippen LogP contribution < -0.4 is 20.7 Å². The second-order valence-corrected chi connectivity index (χ2v) is 11.5. The van der Waals surface area contributed by atoms with E-state index in [4.69, 9.17) is 19.7 Å². The van der Waals surface area contributed by atoms with E-state index in [9.17, 15) is 0 Å². The second-order valence-electron chi connectivity index (χ2n) is 11.5. The van der Waals surface area contributed by atoms with Gasteiger partial charge in [-0.2, -0.15) is 15.0 Å². The van der Waals surface area contributed by atoms with Gasteiger partial charge in [-0.05, 0) is 80.4 Å². The van der Waals surface area contributed by atoms with Crippen LogP contribution in [0.4, 0.5) is 17.8 Å². The molecule has 4 aliphatic carbocycles. The van der Waals surface area contributed by atoms with Gasteiger partial charge in [0.15, 0.2) is 0 Å². The molecule has 36 heavy (non-hydrogen) atoms. The third-order valence-corrected chi connectivity index (χ3v) is 8.47. The van der Waals surface area contributed by atoms with Crippen LogP contribution in [0, 0.1) is 17.8 Å². The first-order valence-corrected chi connectivity index (χ1v) is 14.3. The second kappa shape index (κ2) is 11.7. The number of ether oxygens (including phenoxy) is 1. The molecule has 7 heteroatoms. The molecule has 0 radical (unpaired) electrons. The third kappa shape index (κ3) is 6.40. The fraction of sp³-hybridized carbons (Fsp3) is 0.690. The van der Waals surface area contributed by atoms with Crippen molar-refractivity contribution in [1.29, 1.82) is 0 Å². The van der Waals surface area contributed by atoms with Crippen LogP contribution in [0.2, 0.25) is 0 Å².